The molecule has 2 aromatic rings. The summed E-state index contributed by atoms with van der Waals surface area (Å²) in [7, 11) is 0. The summed E-state index contributed by atoms with van der Waals surface area (Å²) in [6, 6.07) is 7.59. The first-order valence-corrected chi connectivity index (χ1v) is 7.96. The van der Waals surface area contributed by atoms with Crippen LogP contribution in [0.15, 0.2) is 24.3 Å². The Bertz CT molecular complexity index is 749. The SMILES string of the molecule is O=C(NCC1(O)CC(C(=O)O)C1)c1cc2cc(I)ccc2[nH]1. The smallest absolute Gasteiger partial charge is 0.306 e. The molecule has 0 atom stereocenters. The monoisotopic (exact) mass is 414 g/mol. The average Bonchev–Trinajstić information content (AvgIpc) is 2.84. The average molecular weight is 414 g/mol. The number of H-pyrrole nitrogens is 1. The summed E-state index contributed by atoms with van der Waals surface area (Å²) in [6.45, 7) is 0.0580. The van der Waals surface area contributed by atoms with Crippen LogP contribution in [0.2, 0.25) is 0 Å². The topological polar surface area (TPSA) is 102 Å². The van der Waals surface area contributed by atoms with Crippen molar-refractivity contribution in [3.63, 3.8) is 0 Å². The van der Waals surface area contributed by atoms with Gasteiger partial charge in [0, 0.05) is 21.0 Å². The van der Waals surface area contributed by atoms with Crippen molar-refractivity contribution in [2.24, 2.45) is 5.92 Å². The van der Waals surface area contributed by atoms with Crippen molar-refractivity contribution in [2.45, 2.75) is 18.4 Å². The minimum atomic E-state index is -1.11. The molecule has 22 heavy (non-hydrogen) atoms. The molecule has 1 saturated carbocycles. The van der Waals surface area contributed by atoms with E-state index in [4.69, 9.17) is 5.11 Å². The van der Waals surface area contributed by atoms with Crippen molar-refractivity contribution in [3.05, 3.63) is 33.5 Å². The van der Waals surface area contributed by atoms with E-state index in [1.807, 2.05) is 18.2 Å². The van der Waals surface area contributed by atoms with Crippen LogP contribution in [-0.2, 0) is 4.79 Å². The molecular weight excluding hydrogens is 399 g/mol. The van der Waals surface area contributed by atoms with Gasteiger partial charge >= 0.3 is 5.97 Å². The van der Waals surface area contributed by atoms with Gasteiger partial charge in [-0.25, -0.2) is 0 Å². The molecule has 0 saturated heterocycles. The molecule has 0 spiro atoms. The number of hydrogen-bond acceptors (Lipinski definition) is 3. The van der Waals surface area contributed by atoms with Crippen LogP contribution in [0.3, 0.4) is 0 Å². The fourth-order valence-corrected chi connectivity index (χ4v) is 3.26. The molecule has 1 aliphatic carbocycles. The first-order valence-electron chi connectivity index (χ1n) is 6.88. The Balaban J connectivity index is 1.63. The summed E-state index contributed by atoms with van der Waals surface area (Å²) < 4.78 is 1.08. The van der Waals surface area contributed by atoms with Crippen molar-refractivity contribution in [1.82, 2.24) is 10.3 Å². The number of halogens is 1. The zero-order valence-corrected chi connectivity index (χ0v) is 13.8. The van der Waals surface area contributed by atoms with Gasteiger partial charge in [-0.15, -0.1) is 0 Å². The Hall–Kier alpha value is -1.61. The van der Waals surface area contributed by atoms with Gasteiger partial charge in [-0.2, -0.15) is 0 Å². The molecule has 1 aromatic carbocycles. The number of carboxylic acid groups (broad SMARTS) is 1. The molecule has 3 rings (SSSR count). The fraction of sp³-hybridized carbons (Fsp3) is 0.333. The minimum absolute atomic E-state index is 0.0580. The van der Waals surface area contributed by atoms with Crippen LogP contribution >= 0.6 is 22.6 Å². The maximum atomic E-state index is 12.1. The second-order valence-electron chi connectivity index (χ2n) is 5.77. The molecule has 0 unspecified atom stereocenters. The van der Waals surface area contributed by atoms with Crippen molar-refractivity contribution >= 4 is 45.4 Å². The molecule has 1 fully saturated rings. The summed E-state index contributed by atoms with van der Waals surface area (Å²) in [4.78, 5) is 25.9. The number of aromatic amines is 1. The lowest BCUT2D eigenvalue weighted by molar-refractivity contribution is -0.157. The number of benzene rings is 1. The van der Waals surface area contributed by atoms with E-state index in [1.54, 1.807) is 6.07 Å². The Morgan fingerprint density at radius 3 is 2.77 bits per heavy atom. The van der Waals surface area contributed by atoms with E-state index in [1.165, 1.54) is 0 Å². The van der Waals surface area contributed by atoms with Crippen LogP contribution in [0.5, 0.6) is 0 Å². The van der Waals surface area contributed by atoms with Crippen LogP contribution in [0.25, 0.3) is 10.9 Å². The molecule has 4 N–H and O–H groups in total. The first-order chi connectivity index (χ1) is 10.4. The van der Waals surface area contributed by atoms with Crippen molar-refractivity contribution in [1.29, 1.82) is 0 Å². The summed E-state index contributed by atoms with van der Waals surface area (Å²) in [6.07, 6.45) is 0.348. The van der Waals surface area contributed by atoms with Gasteiger partial charge in [0.1, 0.15) is 5.69 Å². The van der Waals surface area contributed by atoms with Gasteiger partial charge in [0.2, 0.25) is 0 Å². The standard InChI is InChI=1S/C15H15IN2O4/c16-10-1-2-11-8(3-10)4-12(18-11)13(19)17-7-15(22)5-9(6-15)14(20)21/h1-4,9,18,22H,5-7H2,(H,17,19)(H,20,21). The summed E-state index contributed by atoms with van der Waals surface area (Å²) >= 11 is 2.21. The van der Waals surface area contributed by atoms with E-state index < -0.39 is 17.5 Å². The molecule has 6 nitrogen and oxygen atoms in total. The van der Waals surface area contributed by atoms with Crippen molar-refractivity contribution in [3.8, 4) is 0 Å². The van der Waals surface area contributed by atoms with Crippen molar-refractivity contribution in [2.75, 3.05) is 6.54 Å². The van der Waals surface area contributed by atoms with Crippen LogP contribution in [0.4, 0.5) is 0 Å². The number of aliphatic hydroxyl groups is 1. The van der Waals surface area contributed by atoms with Gasteiger partial charge in [-0.05, 0) is 59.7 Å². The number of carbonyl (C=O) groups is 2. The molecular formula is C15H15IN2O4. The third-order valence-corrected chi connectivity index (χ3v) is 4.68. The van der Waals surface area contributed by atoms with Gasteiger partial charge in [0.05, 0.1) is 11.5 Å². The number of nitrogens with one attached hydrogen (secondary N) is 2. The van der Waals surface area contributed by atoms with E-state index >= 15 is 0 Å². The van der Waals surface area contributed by atoms with Gasteiger partial charge in [-0.1, -0.05) is 0 Å². The predicted molar refractivity (Wildman–Crippen MR) is 88.7 cm³/mol. The van der Waals surface area contributed by atoms with Gasteiger partial charge < -0.3 is 20.5 Å². The maximum Gasteiger partial charge on any atom is 0.306 e. The zero-order chi connectivity index (χ0) is 15.9. The quantitative estimate of drug-likeness (QED) is 0.573. The third-order valence-electron chi connectivity index (χ3n) is 4.01. The van der Waals surface area contributed by atoms with Crippen LogP contribution in [0.1, 0.15) is 23.3 Å². The lowest BCUT2D eigenvalue weighted by atomic mass is 9.71. The normalized spacial score (nSPS) is 24.0. The Kier molecular flexibility index (Phi) is 3.85. The number of aromatic nitrogens is 1. The highest BCUT2D eigenvalue weighted by Crippen LogP contribution is 2.37. The van der Waals surface area contributed by atoms with Crippen LogP contribution in [0, 0.1) is 9.49 Å². The van der Waals surface area contributed by atoms with E-state index in [2.05, 4.69) is 32.9 Å². The second kappa shape index (κ2) is 5.54. The number of rotatable bonds is 4. The minimum Gasteiger partial charge on any atom is -0.481 e. The lowest BCUT2D eigenvalue weighted by Crippen LogP contribution is -2.54. The van der Waals surface area contributed by atoms with E-state index in [9.17, 15) is 14.7 Å². The summed E-state index contributed by atoms with van der Waals surface area (Å²) in [5, 5.41) is 22.5. The number of carboxylic acids is 1. The predicted octanol–water partition coefficient (Wildman–Crippen LogP) is 1.73. The molecule has 7 heteroatoms. The Morgan fingerprint density at radius 2 is 2.09 bits per heavy atom. The lowest BCUT2D eigenvalue weighted by Gasteiger charge is -2.41. The molecule has 0 aliphatic heterocycles. The molecule has 1 amide bonds. The van der Waals surface area contributed by atoms with Gasteiger partial charge in [-0.3, -0.25) is 9.59 Å². The third kappa shape index (κ3) is 2.95. The number of fused-ring (bicyclic) bond motifs is 1. The molecule has 116 valence electrons. The first kappa shape index (κ1) is 15.3. The molecule has 0 bridgehead atoms. The fourth-order valence-electron chi connectivity index (χ4n) is 2.74. The summed E-state index contributed by atoms with van der Waals surface area (Å²) in [5.41, 5.74) is 0.189. The number of hydrogen-bond donors (Lipinski definition) is 4. The van der Waals surface area contributed by atoms with Crippen LogP contribution < -0.4 is 5.32 Å². The largest absolute Gasteiger partial charge is 0.481 e. The zero-order valence-electron chi connectivity index (χ0n) is 11.6. The van der Waals surface area contributed by atoms with Crippen LogP contribution in [-0.4, -0.2) is 39.2 Å². The highest BCUT2D eigenvalue weighted by atomic mass is 127. The van der Waals surface area contributed by atoms with E-state index in [0.29, 0.717) is 5.69 Å². The Morgan fingerprint density at radius 1 is 1.36 bits per heavy atom. The second-order valence-corrected chi connectivity index (χ2v) is 7.01. The maximum absolute atomic E-state index is 12.1. The number of amides is 1. The molecule has 0 radical (unpaired) electrons. The molecule has 1 heterocycles. The van der Waals surface area contributed by atoms with E-state index in [-0.39, 0.29) is 25.3 Å². The highest BCUT2D eigenvalue weighted by molar-refractivity contribution is 14.1. The Labute approximate surface area is 140 Å². The number of carbonyl (C=O) groups excluding carboxylic acids is 1. The molecule has 1 aromatic heterocycles. The van der Waals surface area contributed by atoms with Crippen molar-refractivity contribution < 1.29 is 19.8 Å². The van der Waals surface area contributed by atoms with Gasteiger partial charge in [0.15, 0.2) is 0 Å². The van der Waals surface area contributed by atoms with E-state index in [0.717, 1.165) is 14.5 Å². The van der Waals surface area contributed by atoms with Gasteiger partial charge in [0.25, 0.3) is 5.91 Å². The molecule has 1 aliphatic rings. The number of aliphatic carboxylic acids is 1. The summed E-state index contributed by atoms with van der Waals surface area (Å²) in [5.74, 6) is -1.73. The highest BCUT2D eigenvalue weighted by Gasteiger charge is 2.46.